The van der Waals surface area contributed by atoms with Crippen LogP contribution >= 0.6 is 0 Å². The Hall–Kier alpha value is -3.73. The molecule has 0 unspecified atom stereocenters. The lowest BCUT2D eigenvalue weighted by Gasteiger charge is -2.12. The fourth-order valence-electron chi connectivity index (χ4n) is 3.29. The van der Waals surface area contributed by atoms with Crippen LogP contribution in [0, 0.1) is 0 Å². The van der Waals surface area contributed by atoms with Crippen molar-refractivity contribution in [2.45, 2.75) is 13.5 Å². The van der Waals surface area contributed by atoms with Gasteiger partial charge in [-0.15, -0.1) is 0 Å². The largest absolute Gasteiger partial charge is 0.462 e. The van der Waals surface area contributed by atoms with Crippen molar-refractivity contribution >= 4 is 16.7 Å². The topological polar surface area (TPSA) is 61.2 Å². The Balaban J connectivity index is 1.76. The van der Waals surface area contributed by atoms with Crippen molar-refractivity contribution in [1.29, 1.82) is 0 Å². The second-order valence-corrected chi connectivity index (χ2v) is 6.64. The molecule has 4 aromatic rings. The van der Waals surface area contributed by atoms with Crippen molar-refractivity contribution < 1.29 is 9.53 Å². The van der Waals surface area contributed by atoms with Crippen molar-refractivity contribution in [2.24, 2.45) is 0 Å². The molecule has 0 fully saturated rings. The summed E-state index contributed by atoms with van der Waals surface area (Å²) in [7, 11) is 0. The van der Waals surface area contributed by atoms with E-state index in [0.717, 1.165) is 22.2 Å². The van der Waals surface area contributed by atoms with Gasteiger partial charge in [0, 0.05) is 10.9 Å². The van der Waals surface area contributed by atoms with Crippen molar-refractivity contribution in [3.63, 3.8) is 0 Å². The summed E-state index contributed by atoms with van der Waals surface area (Å²) in [6, 6.07) is 24.4. The maximum atomic E-state index is 13.0. The second kappa shape index (κ2) is 8.10. The zero-order chi connectivity index (χ0) is 20.2. The van der Waals surface area contributed by atoms with Gasteiger partial charge < -0.3 is 4.74 Å². The van der Waals surface area contributed by atoms with Crippen molar-refractivity contribution in [3.05, 3.63) is 100 Å². The minimum Gasteiger partial charge on any atom is -0.462 e. The number of hydrogen-bond donors (Lipinski definition) is 0. The molecule has 0 saturated carbocycles. The number of carbonyl (C=O) groups is 1. The third-order valence-corrected chi connectivity index (χ3v) is 4.71. The molecule has 0 aliphatic carbocycles. The maximum Gasteiger partial charge on any atom is 0.338 e. The number of esters is 1. The van der Waals surface area contributed by atoms with Crippen molar-refractivity contribution in [2.75, 3.05) is 6.61 Å². The molecule has 0 N–H and O–H groups in total. The number of aromatic nitrogens is 2. The average Bonchev–Trinajstić information content (AvgIpc) is 2.77. The van der Waals surface area contributed by atoms with Crippen LogP contribution < -0.4 is 5.56 Å². The van der Waals surface area contributed by atoms with E-state index in [4.69, 9.17) is 4.74 Å². The summed E-state index contributed by atoms with van der Waals surface area (Å²) in [5.41, 5.74) is 2.94. The maximum absolute atomic E-state index is 13.0. The highest BCUT2D eigenvalue weighted by Crippen LogP contribution is 2.24. The van der Waals surface area contributed by atoms with E-state index >= 15 is 0 Å². The monoisotopic (exact) mass is 384 g/mol. The predicted molar refractivity (Wildman–Crippen MR) is 113 cm³/mol. The summed E-state index contributed by atoms with van der Waals surface area (Å²) in [4.78, 5) is 24.8. The highest BCUT2D eigenvalue weighted by atomic mass is 16.5. The minimum atomic E-state index is -0.355. The molecule has 144 valence electrons. The van der Waals surface area contributed by atoms with Crippen LogP contribution in [-0.4, -0.2) is 22.4 Å². The molecule has 1 heterocycles. The summed E-state index contributed by atoms with van der Waals surface area (Å²) in [6.45, 7) is 2.42. The number of hydrogen-bond acceptors (Lipinski definition) is 4. The number of benzene rings is 3. The van der Waals surface area contributed by atoms with Crippen molar-refractivity contribution in [3.8, 4) is 11.3 Å². The lowest BCUT2D eigenvalue weighted by molar-refractivity contribution is 0.0526. The zero-order valence-corrected chi connectivity index (χ0v) is 16.0. The Morgan fingerprint density at radius 2 is 1.55 bits per heavy atom. The van der Waals surface area contributed by atoms with Gasteiger partial charge in [0.05, 0.1) is 29.8 Å². The quantitative estimate of drug-likeness (QED) is 0.482. The molecule has 0 aliphatic heterocycles. The van der Waals surface area contributed by atoms with Gasteiger partial charge in [0.15, 0.2) is 0 Å². The molecule has 4 rings (SSSR count). The van der Waals surface area contributed by atoms with Gasteiger partial charge in [0.25, 0.3) is 5.56 Å². The van der Waals surface area contributed by atoms with E-state index in [1.165, 1.54) is 4.68 Å². The van der Waals surface area contributed by atoms with Gasteiger partial charge in [0.1, 0.15) is 0 Å². The van der Waals surface area contributed by atoms with Crippen LogP contribution in [0.3, 0.4) is 0 Å². The lowest BCUT2D eigenvalue weighted by atomic mass is 10.1. The summed E-state index contributed by atoms with van der Waals surface area (Å²) < 4.78 is 6.49. The molecule has 29 heavy (non-hydrogen) atoms. The van der Waals surface area contributed by atoms with Crippen LogP contribution in [0.15, 0.2) is 83.7 Å². The highest BCUT2D eigenvalue weighted by Gasteiger charge is 2.13. The van der Waals surface area contributed by atoms with E-state index < -0.39 is 0 Å². The Bertz CT molecular complexity index is 1210. The van der Waals surface area contributed by atoms with Crippen LogP contribution in [-0.2, 0) is 11.3 Å². The standard InChI is InChI=1S/C24H20N2O3/c1-2-29-24(28)19-14-12-17(13-15-19)16-26-23(27)21-11-7-6-10-20(21)22(25-26)18-8-4-3-5-9-18/h3-15H,2,16H2,1H3. The van der Waals surface area contributed by atoms with E-state index in [1.807, 2.05) is 66.7 Å². The molecule has 3 aromatic carbocycles. The molecule has 0 saturated heterocycles. The third kappa shape index (κ3) is 3.80. The second-order valence-electron chi connectivity index (χ2n) is 6.64. The first-order chi connectivity index (χ1) is 14.2. The van der Waals surface area contributed by atoms with Crippen LogP contribution in [0.2, 0.25) is 0 Å². The van der Waals surface area contributed by atoms with Gasteiger partial charge in [0.2, 0.25) is 0 Å². The first-order valence-corrected chi connectivity index (χ1v) is 9.48. The number of rotatable bonds is 5. The number of ether oxygens (including phenoxy) is 1. The first-order valence-electron chi connectivity index (χ1n) is 9.48. The fraction of sp³-hybridized carbons (Fsp3) is 0.125. The van der Waals surface area contributed by atoms with E-state index in [1.54, 1.807) is 19.1 Å². The predicted octanol–water partition coefficient (Wildman–Crippen LogP) is 4.29. The summed E-state index contributed by atoms with van der Waals surface area (Å²) in [5, 5.41) is 6.13. The zero-order valence-electron chi connectivity index (χ0n) is 16.0. The molecule has 0 atom stereocenters. The van der Waals surface area contributed by atoms with Crippen LogP contribution in [0.4, 0.5) is 0 Å². The summed E-state index contributed by atoms with van der Waals surface area (Å²) >= 11 is 0. The number of nitrogens with zero attached hydrogens (tertiary/aromatic N) is 2. The average molecular weight is 384 g/mol. The van der Waals surface area contributed by atoms with Gasteiger partial charge in [-0.2, -0.15) is 5.10 Å². The fourth-order valence-corrected chi connectivity index (χ4v) is 3.29. The van der Waals surface area contributed by atoms with Crippen LogP contribution in [0.5, 0.6) is 0 Å². The SMILES string of the molecule is CCOC(=O)c1ccc(Cn2nc(-c3ccccc3)c3ccccc3c2=O)cc1. The highest BCUT2D eigenvalue weighted by molar-refractivity contribution is 5.93. The van der Waals surface area contributed by atoms with E-state index in [0.29, 0.717) is 24.1 Å². The molecule has 0 bridgehead atoms. The van der Waals surface area contributed by atoms with E-state index in [9.17, 15) is 9.59 Å². The molecule has 0 radical (unpaired) electrons. The molecular formula is C24H20N2O3. The summed E-state index contributed by atoms with van der Waals surface area (Å²) in [5.74, 6) is -0.355. The Kier molecular flexibility index (Phi) is 5.20. The van der Waals surface area contributed by atoms with Crippen LogP contribution in [0.25, 0.3) is 22.0 Å². The third-order valence-electron chi connectivity index (χ3n) is 4.71. The molecule has 5 nitrogen and oxygen atoms in total. The van der Waals surface area contributed by atoms with Crippen molar-refractivity contribution in [1.82, 2.24) is 9.78 Å². The minimum absolute atomic E-state index is 0.144. The summed E-state index contributed by atoms with van der Waals surface area (Å²) in [6.07, 6.45) is 0. The lowest BCUT2D eigenvalue weighted by Crippen LogP contribution is -2.24. The number of fused-ring (bicyclic) bond motifs is 1. The Morgan fingerprint density at radius 1 is 0.897 bits per heavy atom. The van der Waals surface area contributed by atoms with Gasteiger partial charge in [-0.05, 0) is 30.7 Å². The van der Waals surface area contributed by atoms with Gasteiger partial charge in [-0.1, -0.05) is 60.7 Å². The molecule has 0 aliphatic rings. The molecule has 0 amide bonds. The normalized spacial score (nSPS) is 10.8. The van der Waals surface area contributed by atoms with Gasteiger partial charge >= 0.3 is 5.97 Å². The van der Waals surface area contributed by atoms with Gasteiger partial charge in [-0.3, -0.25) is 4.79 Å². The molecule has 0 spiro atoms. The molecule has 5 heteroatoms. The number of carbonyl (C=O) groups excluding carboxylic acids is 1. The first kappa shape index (κ1) is 18.6. The van der Waals surface area contributed by atoms with Crippen LogP contribution in [0.1, 0.15) is 22.8 Å². The Labute approximate surface area is 168 Å². The Morgan fingerprint density at radius 3 is 2.24 bits per heavy atom. The van der Waals surface area contributed by atoms with Gasteiger partial charge in [-0.25, -0.2) is 9.48 Å². The van der Waals surface area contributed by atoms with E-state index in [2.05, 4.69) is 5.10 Å². The van der Waals surface area contributed by atoms with E-state index in [-0.39, 0.29) is 11.5 Å². The smallest absolute Gasteiger partial charge is 0.338 e. The molecular weight excluding hydrogens is 364 g/mol. The molecule has 1 aromatic heterocycles.